The van der Waals surface area contributed by atoms with Crippen molar-refractivity contribution in [1.29, 1.82) is 0 Å². The van der Waals surface area contributed by atoms with E-state index in [9.17, 15) is 9.90 Å². The lowest BCUT2D eigenvalue weighted by Crippen LogP contribution is -2.20. The highest BCUT2D eigenvalue weighted by atomic mass is 16.3. The van der Waals surface area contributed by atoms with Crippen LogP contribution in [0.3, 0.4) is 0 Å². The number of carbonyl (C=O) groups is 1. The molecular formula is C12H17NO2. The summed E-state index contributed by atoms with van der Waals surface area (Å²) in [5, 5.41) is 12.4. The number of aliphatic hydroxyl groups is 1. The topological polar surface area (TPSA) is 49.3 Å². The molecule has 1 aromatic rings. The Bertz CT molecular complexity index is 378. The van der Waals surface area contributed by atoms with Crippen molar-refractivity contribution in [1.82, 2.24) is 5.32 Å². The molecule has 0 radical (unpaired) electrons. The predicted molar refractivity (Wildman–Crippen MR) is 59.8 cm³/mol. The molecule has 0 atom stereocenters. The summed E-state index contributed by atoms with van der Waals surface area (Å²) in [4.78, 5) is 11.4. The van der Waals surface area contributed by atoms with E-state index in [0.717, 1.165) is 11.1 Å². The van der Waals surface area contributed by atoms with Crippen LogP contribution in [0.25, 0.3) is 0 Å². The van der Waals surface area contributed by atoms with Crippen molar-refractivity contribution in [3.8, 4) is 0 Å². The Kier molecular flexibility index (Phi) is 3.15. The second kappa shape index (κ2) is 4.03. The molecule has 3 nitrogen and oxygen atoms in total. The van der Waals surface area contributed by atoms with Gasteiger partial charge in [-0.25, -0.2) is 0 Å². The van der Waals surface area contributed by atoms with E-state index in [1.165, 1.54) is 0 Å². The molecule has 1 rings (SSSR count). The molecule has 15 heavy (non-hydrogen) atoms. The molecule has 2 N–H and O–H groups in total. The molecule has 0 aliphatic rings. The average Bonchev–Trinajstić information content (AvgIpc) is 2.15. The fraction of sp³-hybridized carbons (Fsp3) is 0.417. The van der Waals surface area contributed by atoms with Gasteiger partial charge in [0.1, 0.15) is 0 Å². The lowest BCUT2D eigenvalue weighted by atomic mass is 9.94. The summed E-state index contributed by atoms with van der Waals surface area (Å²) in [6.07, 6.45) is 0. The molecule has 0 aliphatic carbocycles. The third-order valence-electron chi connectivity index (χ3n) is 2.40. The third-order valence-corrected chi connectivity index (χ3v) is 2.40. The molecule has 0 aliphatic heterocycles. The van der Waals surface area contributed by atoms with E-state index >= 15 is 0 Å². The number of nitrogens with one attached hydrogen (secondary N) is 1. The van der Waals surface area contributed by atoms with Crippen molar-refractivity contribution in [2.45, 2.75) is 26.4 Å². The second-order valence-corrected chi connectivity index (χ2v) is 4.17. The highest BCUT2D eigenvalue weighted by molar-refractivity contribution is 5.95. The van der Waals surface area contributed by atoms with Gasteiger partial charge >= 0.3 is 0 Å². The summed E-state index contributed by atoms with van der Waals surface area (Å²) in [5.74, 6) is -0.102. The van der Waals surface area contributed by atoms with Gasteiger partial charge in [0.25, 0.3) is 5.91 Å². The molecule has 82 valence electrons. The standard InChI is InChI=1S/C12H17NO2/c1-8-7-9(12(2,3)15)5-6-10(8)11(14)13-4/h5-7,15H,1-4H3,(H,13,14). The van der Waals surface area contributed by atoms with Gasteiger partial charge in [-0.2, -0.15) is 0 Å². The van der Waals surface area contributed by atoms with Crippen molar-refractivity contribution in [2.75, 3.05) is 7.05 Å². The van der Waals surface area contributed by atoms with Crippen LogP contribution in [0.4, 0.5) is 0 Å². The molecule has 3 heteroatoms. The molecule has 1 amide bonds. The van der Waals surface area contributed by atoms with Crippen molar-refractivity contribution in [3.05, 3.63) is 34.9 Å². The average molecular weight is 207 g/mol. The van der Waals surface area contributed by atoms with E-state index in [1.54, 1.807) is 33.0 Å². The first kappa shape index (κ1) is 11.7. The first-order valence-electron chi connectivity index (χ1n) is 4.92. The molecule has 0 aromatic heterocycles. The minimum Gasteiger partial charge on any atom is -0.386 e. The second-order valence-electron chi connectivity index (χ2n) is 4.17. The Morgan fingerprint density at radius 3 is 2.40 bits per heavy atom. The molecule has 0 unspecified atom stereocenters. The smallest absolute Gasteiger partial charge is 0.251 e. The predicted octanol–water partition coefficient (Wildman–Crippen LogP) is 1.58. The SMILES string of the molecule is CNC(=O)c1ccc(C(C)(C)O)cc1C. The van der Waals surface area contributed by atoms with Crippen molar-refractivity contribution >= 4 is 5.91 Å². The van der Waals surface area contributed by atoms with Gasteiger partial charge in [0, 0.05) is 12.6 Å². The van der Waals surface area contributed by atoms with E-state index in [4.69, 9.17) is 0 Å². The fourth-order valence-electron chi connectivity index (χ4n) is 1.43. The van der Waals surface area contributed by atoms with Crippen LogP contribution >= 0.6 is 0 Å². The Morgan fingerprint density at radius 1 is 1.40 bits per heavy atom. The van der Waals surface area contributed by atoms with E-state index in [0.29, 0.717) is 5.56 Å². The number of aryl methyl sites for hydroxylation is 1. The molecule has 0 saturated heterocycles. The molecule has 0 spiro atoms. The number of rotatable bonds is 2. The normalized spacial score (nSPS) is 11.3. The Hall–Kier alpha value is -1.35. The van der Waals surface area contributed by atoms with Crippen molar-refractivity contribution < 1.29 is 9.90 Å². The Morgan fingerprint density at radius 2 is 2.00 bits per heavy atom. The minimum atomic E-state index is -0.869. The van der Waals surface area contributed by atoms with Crippen LogP contribution in [0.15, 0.2) is 18.2 Å². The first-order chi connectivity index (χ1) is 6.86. The van der Waals surface area contributed by atoms with E-state index in [-0.39, 0.29) is 5.91 Å². The Balaban J connectivity index is 3.15. The van der Waals surface area contributed by atoms with Crippen molar-refractivity contribution in [3.63, 3.8) is 0 Å². The summed E-state index contributed by atoms with van der Waals surface area (Å²) in [6, 6.07) is 5.35. The number of amides is 1. The highest BCUT2D eigenvalue weighted by Crippen LogP contribution is 2.22. The molecule has 0 bridgehead atoms. The van der Waals surface area contributed by atoms with E-state index in [1.807, 2.05) is 13.0 Å². The van der Waals surface area contributed by atoms with Gasteiger partial charge in [0.2, 0.25) is 0 Å². The van der Waals surface area contributed by atoms with Gasteiger partial charge in [0.15, 0.2) is 0 Å². The monoisotopic (exact) mass is 207 g/mol. The number of benzene rings is 1. The maximum atomic E-state index is 11.4. The van der Waals surface area contributed by atoms with Crippen LogP contribution in [0.5, 0.6) is 0 Å². The van der Waals surface area contributed by atoms with Crippen LogP contribution in [0, 0.1) is 6.92 Å². The van der Waals surface area contributed by atoms with E-state index < -0.39 is 5.60 Å². The third kappa shape index (κ3) is 2.57. The molecule has 1 aromatic carbocycles. The van der Waals surface area contributed by atoms with Crippen LogP contribution in [0.2, 0.25) is 0 Å². The summed E-state index contributed by atoms with van der Waals surface area (Å²) in [6.45, 7) is 5.31. The largest absolute Gasteiger partial charge is 0.386 e. The van der Waals surface area contributed by atoms with Gasteiger partial charge in [-0.15, -0.1) is 0 Å². The maximum Gasteiger partial charge on any atom is 0.251 e. The lowest BCUT2D eigenvalue weighted by molar-refractivity contribution is 0.0783. The fourth-order valence-corrected chi connectivity index (χ4v) is 1.43. The highest BCUT2D eigenvalue weighted by Gasteiger charge is 2.17. The first-order valence-corrected chi connectivity index (χ1v) is 4.92. The summed E-state index contributed by atoms with van der Waals surface area (Å²) >= 11 is 0. The van der Waals surface area contributed by atoms with Crippen LogP contribution in [-0.4, -0.2) is 18.1 Å². The quantitative estimate of drug-likeness (QED) is 0.773. The maximum absolute atomic E-state index is 11.4. The number of hydrogen-bond acceptors (Lipinski definition) is 2. The number of carbonyl (C=O) groups excluding carboxylic acids is 1. The zero-order valence-electron chi connectivity index (χ0n) is 9.59. The van der Waals surface area contributed by atoms with Gasteiger partial charge in [-0.1, -0.05) is 12.1 Å². The summed E-state index contributed by atoms with van der Waals surface area (Å²) < 4.78 is 0. The number of hydrogen-bond donors (Lipinski definition) is 2. The molecule has 0 fully saturated rings. The molecule has 0 saturated carbocycles. The van der Waals surface area contributed by atoms with Gasteiger partial charge in [-0.3, -0.25) is 4.79 Å². The van der Waals surface area contributed by atoms with Gasteiger partial charge in [-0.05, 0) is 38.0 Å². The molecular weight excluding hydrogens is 190 g/mol. The van der Waals surface area contributed by atoms with E-state index in [2.05, 4.69) is 5.32 Å². The summed E-state index contributed by atoms with van der Waals surface area (Å²) in [5.41, 5.74) is 1.46. The van der Waals surface area contributed by atoms with Crippen LogP contribution in [0.1, 0.15) is 35.3 Å². The Labute approximate surface area is 90.1 Å². The lowest BCUT2D eigenvalue weighted by Gasteiger charge is -2.19. The summed E-state index contributed by atoms with van der Waals surface area (Å²) in [7, 11) is 1.60. The van der Waals surface area contributed by atoms with Crippen LogP contribution < -0.4 is 5.32 Å². The van der Waals surface area contributed by atoms with Gasteiger partial charge < -0.3 is 10.4 Å². The minimum absolute atomic E-state index is 0.102. The zero-order chi connectivity index (χ0) is 11.6. The molecule has 0 heterocycles. The zero-order valence-corrected chi connectivity index (χ0v) is 9.59. The van der Waals surface area contributed by atoms with Crippen molar-refractivity contribution in [2.24, 2.45) is 0 Å². The van der Waals surface area contributed by atoms with Gasteiger partial charge in [0.05, 0.1) is 5.60 Å². The van der Waals surface area contributed by atoms with Crippen LogP contribution in [-0.2, 0) is 5.60 Å².